The van der Waals surface area contributed by atoms with Crippen LogP contribution in [0.2, 0.25) is 5.02 Å². The number of piperidine rings is 3. The highest BCUT2D eigenvalue weighted by Gasteiger charge is 2.47. The molecule has 1 aromatic rings. The summed E-state index contributed by atoms with van der Waals surface area (Å²) in [4.78, 5) is 15.1. The molecule has 1 unspecified atom stereocenters. The number of hydrogen-bond acceptors (Lipinski definition) is 2. The molecule has 0 aliphatic carbocycles. The van der Waals surface area contributed by atoms with E-state index in [0.717, 1.165) is 5.56 Å². The maximum Gasteiger partial charge on any atom is 0.163 e. The second-order valence-electron chi connectivity index (χ2n) is 6.72. The number of nitrogens with zero attached hydrogens (tertiary/aromatic N) is 1. The van der Waals surface area contributed by atoms with Crippen molar-refractivity contribution in [1.82, 2.24) is 4.90 Å². The van der Waals surface area contributed by atoms with Crippen molar-refractivity contribution in [3.05, 3.63) is 34.9 Å². The van der Waals surface area contributed by atoms with Crippen molar-refractivity contribution in [3.63, 3.8) is 0 Å². The van der Waals surface area contributed by atoms with Gasteiger partial charge in [0.1, 0.15) is 0 Å². The zero-order valence-electron chi connectivity index (χ0n) is 12.2. The van der Waals surface area contributed by atoms with Gasteiger partial charge in [-0.25, -0.2) is 0 Å². The lowest BCUT2D eigenvalue weighted by Crippen LogP contribution is -2.61. The van der Waals surface area contributed by atoms with Crippen LogP contribution in [0.3, 0.4) is 0 Å². The molecule has 3 heterocycles. The zero-order chi connectivity index (χ0) is 14.3. The molecule has 0 spiro atoms. The fourth-order valence-corrected chi connectivity index (χ4v) is 4.19. The third-order valence-corrected chi connectivity index (χ3v) is 5.65. The molecule has 3 fully saturated rings. The third-order valence-electron chi connectivity index (χ3n) is 5.40. The first-order valence-electron chi connectivity index (χ1n) is 7.52. The van der Waals surface area contributed by atoms with Gasteiger partial charge in [-0.1, -0.05) is 11.6 Å². The number of rotatable bonds is 3. The predicted octanol–water partition coefficient (Wildman–Crippen LogP) is 4.03. The first-order chi connectivity index (χ1) is 9.48. The van der Waals surface area contributed by atoms with Crippen LogP contribution in [0.4, 0.5) is 0 Å². The number of hydrogen-bond donors (Lipinski definition) is 0. The molecule has 3 aliphatic rings. The number of carbonyl (C=O) groups is 1. The quantitative estimate of drug-likeness (QED) is 0.784. The van der Waals surface area contributed by atoms with Crippen molar-refractivity contribution < 1.29 is 4.79 Å². The highest BCUT2D eigenvalue weighted by molar-refractivity contribution is 6.30. The van der Waals surface area contributed by atoms with Gasteiger partial charge in [-0.15, -0.1) is 0 Å². The topological polar surface area (TPSA) is 20.3 Å². The Bertz CT molecular complexity index is 500. The molecule has 0 saturated carbocycles. The Morgan fingerprint density at radius 3 is 2.40 bits per heavy atom. The first-order valence-corrected chi connectivity index (χ1v) is 7.90. The molecule has 3 saturated heterocycles. The predicted molar refractivity (Wildman–Crippen MR) is 82.3 cm³/mol. The molecule has 4 rings (SSSR count). The van der Waals surface area contributed by atoms with Crippen molar-refractivity contribution >= 4 is 17.4 Å². The molecule has 0 aromatic heterocycles. The Hall–Kier alpha value is -0.860. The van der Waals surface area contributed by atoms with Gasteiger partial charge in [0.15, 0.2) is 5.78 Å². The van der Waals surface area contributed by atoms with Crippen LogP contribution in [0.5, 0.6) is 0 Å². The minimum atomic E-state index is 0.156. The zero-order valence-corrected chi connectivity index (χ0v) is 13.0. The summed E-state index contributed by atoms with van der Waals surface area (Å²) in [6.45, 7) is 7.00. The number of fused-ring (bicyclic) bond motifs is 3. The van der Waals surface area contributed by atoms with Crippen molar-refractivity contribution in [2.75, 3.05) is 13.1 Å². The van der Waals surface area contributed by atoms with Gasteiger partial charge in [-0.2, -0.15) is 0 Å². The molecular formula is C17H22ClNO. The van der Waals surface area contributed by atoms with E-state index in [9.17, 15) is 4.79 Å². The average molecular weight is 292 g/mol. The minimum Gasteiger partial charge on any atom is -0.298 e. The van der Waals surface area contributed by atoms with Crippen LogP contribution >= 0.6 is 11.6 Å². The van der Waals surface area contributed by atoms with E-state index in [1.54, 1.807) is 12.1 Å². The fourth-order valence-electron chi connectivity index (χ4n) is 4.06. The summed E-state index contributed by atoms with van der Waals surface area (Å²) in [5.74, 6) is 1.45. The lowest BCUT2D eigenvalue weighted by atomic mass is 9.65. The van der Waals surface area contributed by atoms with Crippen molar-refractivity contribution in [1.29, 1.82) is 0 Å². The summed E-state index contributed by atoms with van der Waals surface area (Å²) in [5.41, 5.74) is 0.949. The minimum absolute atomic E-state index is 0.156. The van der Waals surface area contributed by atoms with E-state index in [1.807, 2.05) is 12.1 Å². The van der Waals surface area contributed by atoms with Gasteiger partial charge in [0.25, 0.3) is 0 Å². The monoisotopic (exact) mass is 291 g/mol. The Morgan fingerprint density at radius 2 is 1.85 bits per heavy atom. The van der Waals surface area contributed by atoms with Gasteiger partial charge in [0, 0.05) is 22.5 Å². The highest BCUT2D eigenvalue weighted by atomic mass is 35.5. The second kappa shape index (κ2) is 5.16. The maximum absolute atomic E-state index is 12.5. The van der Waals surface area contributed by atoms with E-state index in [1.165, 1.54) is 25.9 Å². The van der Waals surface area contributed by atoms with Gasteiger partial charge in [0.05, 0.1) is 0 Å². The van der Waals surface area contributed by atoms with Crippen molar-refractivity contribution in [2.24, 2.45) is 11.8 Å². The average Bonchev–Trinajstić information content (AvgIpc) is 2.44. The Balaban J connectivity index is 1.76. The van der Waals surface area contributed by atoms with Gasteiger partial charge < -0.3 is 0 Å². The molecular weight excluding hydrogens is 270 g/mol. The highest BCUT2D eigenvalue weighted by Crippen LogP contribution is 2.45. The number of halogens is 1. The number of carbonyl (C=O) groups excluding carboxylic acids is 1. The van der Waals surface area contributed by atoms with Crippen molar-refractivity contribution in [3.8, 4) is 0 Å². The molecule has 1 aromatic carbocycles. The SMILES string of the molecule is CC1(C)C(CC(=O)c2ccc(Cl)cc2)C2CCN1CC2. The van der Waals surface area contributed by atoms with Crippen LogP contribution in [0.1, 0.15) is 43.5 Å². The smallest absolute Gasteiger partial charge is 0.163 e. The maximum atomic E-state index is 12.5. The summed E-state index contributed by atoms with van der Waals surface area (Å²) >= 11 is 5.89. The van der Waals surface area contributed by atoms with Gasteiger partial charge >= 0.3 is 0 Å². The van der Waals surface area contributed by atoms with Crippen LogP contribution in [0.15, 0.2) is 24.3 Å². The normalized spacial score (nSPS) is 31.2. The van der Waals surface area contributed by atoms with E-state index in [2.05, 4.69) is 18.7 Å². The molecule has 2 nitrogen and oxygen atoms in total. The van der Waals surface area contributed by atoms with Crippen LogP contribution < -0.4 is 0 Å². The lowest BCUT2D eigenvalue weighted by Gasteiger charge is -2.56. The standard InChI is InChI=1S/C17H22ClNO/c1-17(2)15(12-7-9-19(17)10-8-12)11-16(20)13-3-5-14(18)6-4-13/h3-6,12,15H,7-11H2,1-2H3. The van der Waals surface area contributed by atoms with E-state index in [-0.39, 0.29) is 11.3 Å². The summed E-state index contributed by atoms with van der Waals surface area (Å²) < 4.78 is 0. The largest absolute Gasteiger partial charge is 0.298 e. The summed E-state index contributed by atoms with van der Waals surface area (Å²) in [6, 6.07) is 7.30. The molecule has 1 atom stereocenters. The van der Waals surface area contributed by atoms with Gasteiger partial charge in [-0.05, 0) is 75.9 Å². The molecule has 0 amide bonds. The Morgan fingerprint density at radius 1 is 1.25 bits per heavy atom. The van der Waals surface area contributed by atoms with Crippen LogP contribution in [0.25, 0.3) is 0 Å². The number of ketones is 1. The second-order valence-corrected chi connectivity index (χ2v) is 7.16. The lowest BCUT2D eigenvalue weighted by molar-refractivity contribution is -0.0643. The third kappa shape index (κ3) is 2.40. The number of benzene rings is 1. The van der Waals surface area contributed by atoms with Gasteiger partial charge in [0.2, 0.25) is 0 Å². The van der Waals surface area contributed by atoms with Gasteiger partial charge in [-0.3, -0.25) is 9.69 Å². The Labute approximate surface area is 126 Å². The molecule has 0 radical (unpaired) electrons. The molecule has 2 bridgehead atoms. The first kappa shape index (κ1) is 14.1. The molecule has 108 valence electrons. The van der Waals surface area contributed by atoms with Crippen LogP contribution in [-0.4, -0.2) is 29.3 Å². The molecule has 3 aliphatic heterocycles. The Kier molecular flexibility index (Phi) is 3.64. The van der Waals surface area contributed by atoms with E-state index < -0.39 is 0 Å². The van der Waals surface area contributed by atoms with Crippen molar-refractivity contribution in [2.45, 2.75) is 38.6 Å². The summed E-state index contributed by atoms with van der Waals surface area (Å²) in [5, 5.41) is 0.685. The molecule has 20 heavy (non-hydrogen) atoms. The van der Waals surface area contributed by atoms with E-state index >= 15 is 0 Å². The fraction of sp³-hybridized carbons (Fsp3) is 0.588. The summed E-state index contributed by atoms with van der Waals surface area (Å²) in [7, 11) is 0. The van der Waals surface area contributed by atoms with E-state index in [4.69, 9.17) is 11.6 Å². The summed E-state index contributed by atoms with van der Waals surface area (Å²) in [6.07, 6.45) is 3.17. The molecule has 3 heteroatoms. The number of Topliss-reactive ketones (excluding diaryl/α,β-unsaturated/α-hetero) is 1. The van der Waals surface area contributed by atoms with Crippen LogP contribution in [-0.2, 0) is 0 Å². The molecule has 0 N–H and O–H groups in total. The van der Waals surface area contributed by atoms with Crippen LogP contribution in [0, 0.1) is 11.8 Å². The van der Waals surface area contributed by atoms with E-state index in [0.29, 0.717) is 23.3 Å².